The second-order valence-corrected chi connectivity index (χ2v) is 4.21. The van der Waals surface area contributed by atoms with Gasteiger partial charge < -0.3 is 22.3 Å². The van der Waals surface area contributed by atoms with E-state index in [4.69, 9.17) is 17.2 Å². The first-order valence-corrected chi connectivity index (χ1v) is 5.54. The molecule has 96 valence electrons. The van der Waals surface area contributed by atoms with Crippen LogP contribution < -0.4 is 17.2 Å². The van der Waals surface area contributed by atoms with Gasteiger partial charge in [0, 0.05) is 25.2 Å². The van der Waals surface area contributed by atoms with E-state index in [1.54, 1.807) is 6.21 Å². The van der Waals surface area contributed by atoms with Crippen LogP contribution in [-0.4, -0.2) is 41.9 Å². The monoisotopic (exact) mass is 241 g/mol. The summed E-state index contributed by atoms with van der Waals surface area (Å²) in [6, 6.07) is 0. The summed E-state index contributed by atoms with van der Waals surface area (Å²) in [6.07, 6.45) is 3.20. The van der Waals surface area contributed by atoms with E-state index in [-0.39, 0.29) is 11.9 Å². The number of carboxylic acid groups (broad SMARTS) is 1. The van der Waals surface area contributed by atoms with Crippen molar-refractivity contribution in [3.63, 3.8) is 0 Å². The van der Waals surface area contributed by atoms with Crippen LogP contribution in [0.25, 0.3) is 0 Å². The molecule has 0 aromatic carbocycles. The van der Waals surface area contributed by atoms with E-state index in [2.05, 4.69) is 9.98 Å². The molecular weight excluding hydrogens is 222 g/mol. The Bertz CT molecular complexity index is 338. The van der Waals surface area contributed by atoms with Crippen molar-refractivity contribution < 1.29 is 9.90 Å². The van der Waals surface area contributed by atoms with Crippen LogP contribution in [0.15, 0.2) is 9.98 Å². The number of carbonyl (C=O) groups is 1. The number of rotatable bonds is 6. The molecule has 0 bridgehead atoms. The average molecular weight is 241 g/mol. The molecule has 1 aliphatic heterocycles. The van der Waals surface area contributed by atoms with Gasteiger partial charge in [-0.3, -0.25) is 14.8 Å². The highest BCUT2D eigenvalue weighted by Gasteiger charge is 2.41. The van der Waals surface area contributed by atoms with Gasteiger partial charge in [0.1, 0.15) is 5.54 Å². The lowest BCUT2D eigenvalue weighted by Gasteiger charge is -2.29. The Morgan fingerprint density at radius 1 is 1.59 bits per heavy atom. The molecule has 0 aliphatic carbocycles. The molecule has 1 rings (SSSR count). The normalized spacial score (nSPS) is 22.1. The van der Waals surface area contributed by atoms with E-state index in [9.17, 15) is 9.90 Å². The zero-order chi connectivity index (χ0) is 12.9. The molecule has 0 saturated heterocycles. The Morgan fingerprint density at radius 3 is 2.76 bits per heavy atom. The molecule has 1 heterocycles. The van der Waals surface area contributed by atoms with Gasteiger partial charge in [-0.05, 0) is 19.3 Å². The average Bonchev–Trinajstić information content (AvgIpc) is 2.77. The molecule has 0 fully saturated rings. The maximum absolute atomic E-state index is 11.3. The molecule has 7 heteroatoms. The van der Waals surface area contributed by atoms with E-state index < -0.39 is 11.5 Å². The minimum absolute atomic E-state index is 0.00498. The second kappa shape index (κ2) is 5.62. The predicted octanol–water partition coefficient (Wildman–Crippen LogP) is -1.09. The smallest absolute Gasteiger partial charge is 0.324 e. The highest BCUT2D eigenvalue weighted by Crippen LogP contribution is 2.25. The van der Waals surface area contributed by atoms with Crippen molar-refractivity contribution in [2.45, 2.75) is 24.8 Å². The molecule has 0 aromatic rings. The topological polar surface area (TPSA) is 140 Å². The summed E-state index contributed by atoms with van der Waals surface area (Å²) in [4.78, 5) is 19.1. The van der Waals surface area contributed by atoms with E-state index in [1.165, 1.54) is 0 Å². The third-order valence-corrected chi connectivity index (χ3v) is 2.96. The number of aliphatic imine (C=N–C) groups is 2. The Labute approximate surface area is 99.8 Å². The summed E-state index contributed by atoms with van der Waals surface area (Å²) >= 11 is 0. The number of aliphatic carboxylic acids is 1. The quantitative estimate of drug-likeness (QED) is 0.266. The minimum Gasteiger partial charge on any atom is -0.480 e. The third kappa shape index (κ3) is 3.42. The van der Waals surface area contributed by atoms with Gasteiger partial charge in [-0.1, -0.05) is 0 Å². The fourth-order valence-corrected chi connectivity index (χ4v) is 1.91. The van der Waals surface area contributed by atoms with E-state index in [1.807, 2.05) is 0 Å². The molecule has 17 heavy (non-hydrogen) atoms. The van der Waals surface area contributed by atoms with Gasteiger partial charge in [0.25, 0.3) is 0 Å². The van der Waals surface area contributed by atoms with Crippen LogP contribution in [0.2, 0.25) is 0 Å². The molecule has 2 atom stereocenters. The number of nitrogens with zero attached hydrogens (tertiary/aromatic N) is 2. The lowest BCUT2D eigenvalue weighted by atomic mass is 9.80. The predicted molar refractivity (Wildman–Crippen MR) is 65.9 cm³/mol. The van der Waals surface area contributed by atoms with Crippen molar-refractivity contribution in [3.05, 3.63) is 0 Å². The van der Waals surface area contributed by atoms with Crippen molar-refractivity contribution in [1.29, 1.82) is 0 Å². The molecule has 0 spiro atoms. The van der Waals surface area contributed by atoms with Gasteiger partial charge in [-0.15, -0.1) is 0 Å². The maximum atomic E-state index is 11.3. The first kappa shape index (κ1) is 13.4. The van der Waals surface area contributed by atoms with Gasteiger partial charge in [0.2, 0.25) is 0 Å². The van der Waals surface area contributed by atoms with E-state index in [0.29, 0.717) is 32.4 Å². The number of carboxylic acids is 1. The van der Waals surface area contributed by atoms with Crippen molar-refractivity contribution in [3.8, 4) is 0 Å². The zero-order valence-corrected chi connectivity index (χ0v) is 9.67. The van der Waals surface area contributed by atoms with Crippen LogP contribution in [0.1, 0.15) is 19.3 Å². The number of hydrogen-bond acceptors (Lipinski definition) is 4. The highest BCUT2D eigenvalue weighted by atomic mass is 16.4. The fourth-order valence-electron chi connectivity index (χ4n) is 1.91. The summed E-state index contributed by atoms with van der Waals surface area (Å²) in [5.41, 5.74) is 15.1. The summed E-state index contributed by atoms with van der Waals surface area (Å²) in [5, 5.41) is 9.23. The summed E-state index contributed by atoms with van der Waals surface area (Å²) in [6.45, 7) is 1.03. The zero-order valence-electron chi connectivity index (χ0n) is 9.67. The molecule has 1 aliphatic rings. The summed E-state index contributed by atoms with van der Waals surface area (Å²) in [7, 11) is 0. The standard InChI is InChI=1S/C10H19N5O2/c11-9(12)15-4-1-3-10(13,8(16)17)7-2-5-14-6-7/h6-7H,1-5,13H2,(H,16,17)(H4,11,12,15)/t7?,10-/m0/s1. The lowest BCUT2D eigenvalue weighted by Crippen LogP contribution is -2.54. The van der Waals surface area contributed by atoms with E-state index >= 15 is 0 Å². The number of hydrogen-bond donors (Lipinski definition) is 4. The van der Waals surface area contributed by atoms with Gasteiger partial charge >= 0.3 is 5.97 Å². The SMILES string of the molecule is NC(N)=NCCC[C@@](N)(C(=O)O)C1C=NCC1. The lowest BCUT2D eigenvalue weighted by molar-refractivity contribution is -0.144. The first-order chi connectivity index (χ1) is 7.97. The fraction of sp³-hybridized carbons (Fsp3) is 0.700. The van der Waals surface area contributed by atoms with Crippen LogP contribution in [0.3, 0.4) is 0 Å². The summed E-state index contributed by atoms with van der Waals surface area (Å²) < 4.78 is 0. The number of guanidine groups is 1. The molecule has 0 radical (unpaired) electrons. The maximum Gasteiger partial charge on any atom is 0.324 e. The summed E-state index contributed by atoms with van der Waals surface area (Å²) in [5.74, 6) is -1.20. The minimum atomic E-state index is -1.26. The van der Waals surface area contributed by atoms with Gasteiger partial charge in [0.15, 0.2) is 5.96 Å². The van der Waals surface area contributed by atoms with Crippen molar-refractivity contribution >= 4 is 18.1 Å². The van der Waals surface area contributed by atoms with Crippen LogP contribution in [0.4, 0.5) is 0 Å². The highest BCUT2D eigenvalue weighted by molar-refractivity contribution is 5.84. The van der Waals surface area contributed by atoms with Gasteiger partial charge in [0.05, 0.1) is 0 Å². The Hall–Kier alpha value is -1.63. The Kier molecular flexibility index (Phi) is 4.45. The Morgan fingerprint density at radius 2 is 2.29 bits per heavy atom. The molecule has 0 aromatic heterocycles. The third-order valence-electron chi connectivity index (χ3n) is 2.96. The first-order valence-electron chi connectivity index (χ1n) is 5.54. The van der Waals surface area contributed by atoms with Crippen LogP contribution >= 0.6 is 0 Å². The molecule has 0 amide bonds. The largest absolute Gasteiger partial charge is 0.480 e. The van der Waals surface area contributed by atoms with Gasteiger partial charge in [-0.25, -0.2) is 0 Å². The van der Waals surface area contributed by atoms with Crippen LogP contribution in [-0.2, 0) is 4.79 Å². The molecule has 7 N–H and O–H groups in total. The van der Waals surface area contributed by atoms with Crippen molar-refractivity contribution in [2.24, 2.45) is 33.1 Å². The molecule has 7 nitrogen and oxygen atoms in total. The van der Waals surface area contributed by atoms with Crippen molar-refractivity contribution in [2.75, 3.05) is 13.1 Å². The second-order valence-electron chi connectivity index (χ2n) is 4.21. The van der Waals surface area contributed by atoms with Crippen LogP contribution in [0.5, 0.6) is 0 Å². The van der Waals surface area contributed by atoms with E-state index in [0.717, 1.165) is 0 Å². The van der Waals surface area contributed by atoms with Gasteiger partial charge in [-0.2, -0.15) is 0 Å². The molecular formula is C10H19N5O2. The van der Waals surface area contributed by atoms with Crippen molar-refractivity contribution in [1.82, 2.24) is 0 Å². The molecule has 1 unspecified atom stereocenters. The van der Waals surface area contributed by atoms with Crippen LogP contribution in [0, 0.1) is 5.92 Å². The number of nitrogens with two attached hydrogens (primary N) is 3. The molecule has 0 saturated carbocycles. The Balaban J connectivity index is 2.56.